The summed E-state index contributed by atoms with van der Waals surface area (Å²) in [7, 11) is 0. The van der Waals surface area contributed by atoms with Gasteiger partial charge in [0.2, 0.25) is 0 Å². The Morgan fingerprint density at radius 1 is 1.53 bits per heavy atom. The number of likely N-dealkylation sites (tertiary alicyclic amines) is 1. The highest BCUT2D eigenvalue weighted by molar-refractivity contribution is 9.10. The van der Waals surface area contributed by atoms with Crippen LogP contribution in [0.5, 0.6) is 0 Å². The van der Waals surface area contributed by atoms with Crippen LogP contribution in [0.1, 0.15) is 29.6 Å². The first kappa shape index (κ1) is 13.0. The largest absolute Gasteiger partial charge is 0.336 e. The molecule has 0 bridgehead atoms. The SMILES string of the molecule is NC1CN(C(=O)c2c(F)cncc2Br)CC12CCC2. The topological polar surface area (TPSA) is 59.2 Å². The zero-order chi connectivity index (χ0) is 13.6. The van der Waals surface area contributed by atoms with Gasteiger partial charge in [-0.05, 0) is 28.8 Å². The third-order valence-corrected chi connectivity index (χ3v) is 5.01. The molecule has 1 aliphatic heterocycles. The van der Waals surface area contributed by atoms with E-state index in [4.69, 9.17) is 5.73 Å². The van der Waals surface area contributed by atoms with Crippen LogP contribution in [0.2, 0.25) is 0 Å². The van der Waals surface area contributed by atoms with Crippen LogP contribution in [-0.2, 0) is 0 Å². The molecule has 1 aromatic rings. The molecule has 102 valence electrons. The van der Waals surface area contributed by atoms with Crippen molar-refractivity contribution < 1.29 is 9.18 Å². The van der Waals surface area contributed by atoms with Gasteiger partial charge in [-0.2, -0.15) is 0 Å². The molecule has 1 aromatic heterocycles. The van der Waals surface area contributed by atoms with Crippen molar-refractivity contribution in [3.05, 3.63) is 28.2 Å². The van der Waals surface area contributed by atoms with Crippen LogP contribution in [0.3, 0.4) is 0 Å². The highest BCUT2D eigenvalue weighted by atomic mass is 79.9. The van der Waals surface area contributed by atoms with Crippen molar-refractivity contribution in [1.82, 2.24) is 9.88 Å². The molecule has 2 heterocycles. The van der Waals surface area contributed by atoms with Crippen molar-refractivity contribution in [1.29, 1.82) is 0 Å². The molecule has 2 fully saturated rings. The number of amides is 1. The second kappa shape index (κ2) is 4.52. The molecule has 1 aliphatic carbocycles. The van der Waals surface area contributed by atoms with E-state index in [0.717, 1.165) is 19.0 Å². The van der Waals surface area contributed by atoms with Crippen molar-refractivity contribution in [2.24, 2.45) is 11.1 Å². The van der Waals surface area contributed by atoms with E-state index in [9.17, 15) is 9.18 Å². The molecule has 1 unspecified atom stereocenters. The fraction of sp³-hybridized carbons (Fsp3) is 0.538. The summed E-state index contributed by atoms with van der Waals surface area (Å²) in [6.45, 7) is 1.15. The maximum absolute atomic E-state index is 13.8. The molecule has 1 spiro atoms. The molecular weight excluding hydrogens is 313 g/mol. The van der Waals surface area contributed by atoms with Gasteiger partial charge in [-0.15, -0.1) is 0 Å². The van der Waals surface area contributed by atoms with Crippen LogP contribution in [0.25, 0.3) is 0 Å². The summed E-state index contributed by atoms with van der Waals surface area (Å²) in [6.07, 6.45) is 5.80. The quantitative estimate of drug-likeness (QED) is 0.857. The van der Waals surface area contributed by atoms with Crippen molar-refractivity contribution in [2.45, 2.75) is 25.3 Å². The molecule has 0 aromatic carbocycles. The lowest BCUT2D eigenvalue weighted by molar-refractivity contribution is 0.0721. The number of aromatic nitrogens is 1. The van der Waals surface area contributed by atoms with Crippen molar-refractivity contribution >= 4 is 21.8 Å². The van der Waals surface area contributed by atoms with Gasteiger partial charge in [0.25, 0.3) is 5.91 Å². The number of pyridine rings is 1. The van der Waals surface area contributed by atoms with E-state index in [1.54, 1.807) is 4.90 Å². The zero-order valence-corrected chi connectivity index (χ0v) is 12.0. The lowest BCUT2D eigenvalue weighted by Gasteiger charge is -2.41. The highest BCUT2D eigenvalue weighted by Gasteiger charge is 2.50. The number of hydrogen-bond donors (Lipinski definition) is 1. The minimum Gasteiger partial charge on any atom is -0.336 e. The van der Waals surface area contributed by atoms with E-state index in [-0.39, 0.29) is 22.9 Å². The van der Waals surface area contributed by atoms with E-state index in [2.05, 4.69) is 20.9 Å². The van der Waals surface area contributed by atoms with Crippen molar-refractivity contribution in [3.8, 4) is 0 Å². The van der Waals surface area contributed by atoms with E-state index in [1.807, 2.05) is 0 Å². The molecule has 2 N–H and O–H groups in total. The van der Waals surface area contributed by atoms with Crippen molar-refractivity contribution in [2.75, 3.05) is 13.1 Å². The monoisotopic (exact) mass is 327 g/mol. The van der Waals surface area contributed by atoms with E-state index < -0.39 is 5.82 Å². The standard InChI is InChI=1S/C13H15BrFN3O/c14-8-4-17-5-9(15)11(8)12(19)18-6-10(16)13(7-18)2-1-3-13/h4-5,10H,1-3,6-7,16H2. The first-order chi connectivity index (χ1) is 9.03. The predicted octanol–water partition coefficient (Wildman–Crippen LogP) is 1.94. The zero-order valence-electron chi connectivity index (χ0n) is 10.4. The lowest BCUT2D eigenvalue weighted by Crippen LogP contribution is -2.45. The summed E-state index contributed by atoms with van der Waals surface area (Å²) in [5, 5.41) is 0. The van der Waals surface area contributed by atoms with Crippen LogP contribution >= 0.6 is 15.9 Å². The number of rotatable bonds is 1. The first-order valence-corrected chi connectivity index (χ1v) is 7.17. The third kappa shape index (κ3) is 1.97. The minimum absolute atomic E-state index is 0.00822. The molecule has 1 saturated heterocycles. The van der Waals surface area contributed by atoms with Crippen molar-refractivity contribution in [3.63, 3.8) is 0 Å². The Kier molecular flexibility index (Phi) is 3.09. The Balaban J connectivity index is 1.86. The number of carbonyl (C=O) groups is 1. The highest BCUT2D eigenvalue weighted by Crippen LogP contribution is 2.47. The summed E-state index contributed by atoms with van der Waals surface area (Å²) in [4.78, 5) is 17.8. The van der Waals surface area contributed by atoms with Gasteiger partial charge in [-0.25, -0.2) is 4.39 Å². The lowest BCUT2D eigenvalue weighted by atomic mass is 9.66. The van der Waals surface area contributed by atoms with Gasteiger partial charge in [-0.1, -0.05) is 6.42 Å². The normalized spacial score (nSPS) is 24.6. The predicted molar refractivity (Wildman–Crippen MR) is 72.1 cm³/mol. The Hall–Kier alpha value is -1.01. The van der Waals surface area contributed by atoms with Crippen LogP contribution < -0.4 is 5.73 Å². The van der Waals surface area contributed by atoms with Crippen LogP contribution in [0.4, 0.5) is 4.39 Å². The smallest absolute Gasteiger partial charge is 0.258 e. The Bertz CT molecular complexity index is 512. The van der Waals surface area contributed by atoms with Gasteiger partial charge >= 0.3 is 0 Å². The van der Waals surface area contributed by atoms with E-state index in [0.29, 0.717) is 17.6 Å². The summed E-state index contributed by atoms with van der Waals surface area (Å²) in [5.74, 6) is -0.895. The Morgan fingerprint density at radius 2 is 2.26 bits per heavy atom. The maximum atomic E-state index is 13.8. The van der Waals surface area contributed by atoms with Gasteiger partial charge in [0.05, 0.1) is 16.2 Å². The number of halogens is 2. The third-order valence-electron chi connectivity index (χ3n) is 4.41. The molecule has 0 radical (unpaired) electrons. The Morgan fingerprint density at radius 3 is 2.79 bits per heavy atom. The van der Waals surface area contributed by atoms with Crippen LogP contribution in [-0.4, -0.2) is 34.9 Å². The molecule has 1 saturated carbocycles. The molecule has 4 nitrogen and oxygen atoms in total. The van der Waals surface area contributed by atoms with Gasteiger partial charge in [0, 0.05) is 30.7 Å². The fourth-order valence-electron chi connectivity index (χ4n) is 3.08. The van der Waals surface area contributed by atoms with Gasteiger partial charge in [0.15, 0.2) is 5.82 Å². The maximum Gasteiger partial charge on any atom is 0.258 e. The molecule has 1 atom stereocenters. The number of hydrogen-bond acceptors (Lipinski definition) is 3. The molecule has 2 aliphatic rings. The molecule has 3 rings (SSSR count). The molecular formula is C13H15BrFN3O. The average Bonchev–Trinajstić information content (AvgIpc) is 2.66. The second-order valence-electron chi connectivity index (χ2n) is 5.49. The first-order valence-electron chi connectivity index (χ1n) is 6.37. The molecule has 19 heavy (non-hydrogen) atoms. The van der Waals surface area contributed by atoms with Crippen LogP contribution in [0, 0.1) is 11.2 Å². The second-order valence-corrected chi connectivity index (χ2v) is 6.34. The fourth-order valence-corrected chi connectivity index (χ4v) is 3.56. The number of carbonyl (C=O) groups excluding carboxylic acids is 1. The van der Waals surface area contributed by atoms with Gasteiger partial charge in [-0.3, -0.25) is 9.78 Å². The summed E-state index contributed by atoms with van der Waals surface area (Å²) in [5.41, 5.74) is 6.27. The number of nitrogens with zero attached hydrogens (tertiary/aromatic N) is 2. The van der Waals surface area contributed by atoms with E-state index in [1.165, 1.54) is 12.6 Å². The molecule has 6 heteroatoms. The average molecular weight is 328 g/mol. The van der Waals surface area contributed by atoms with E-state index >= 15 is 0 Å². The summed E-state index contributed by atoms with van der Waals surface area (Å²) >= 11 is 3.19. The van der Waals surface area contributed by atoms with Gasteiger partial charge < -0.3 is 10.6 Å². The summed E-state index contributed by atoms with van der Waals surface area (Å²) < 4.78 is 14.2. The molecule has 1 amide bonds. The Labute approximate surface area is 119 Å². The van der Waals surface area contributed by atoms with Crippen LogP contribution in [0.15, 0.2) is 16.9 Å². The number of nitrogens with two attached hydrogens (primary N) is 1. The van der Waals surface area contributed by atoms with Gasteiger partial charge in [0.1, 0.15) is 0 Å². The summed E-state index contributed by atoms with van der Waals surface area (Å²) in [6, 6.07) is 0.00822. The minimum atomic E-state index is -0.595.